The fourth-order valence-corrected chi connectivity index (χ4v) is 5.23. The van der Waals surface area contributed by atoms with Gasteiger partial charge in [-0.1, -0.05) is 24.3 Å². The molecule has 7 rings (SSSR count). The number of methoxy groups -OCH3 is 1. The summed E-state index contributed by atoms with van der Waals surface area (Å²) in [4.78, 5) is 36.7. The standard InChI is InChI=1S/C28H24F3N7O3/c1-37-13-19(28(29,30)31)35-23(37)17-5-3-15(4-6-17)12-38-24-18(27(9-10-27)41-26(38)39)11-32-22(36-24)20-21(16-7-8-16)33-14-34-25(20)40-2/h3-6,11,13-14,16H,7-10,12H2,1-2H3. The molecule has 3 aromatic heterocycles. The molecule has 4 heterocycles. The number of carbonyl (C=O) groups excluding carboxylic acids is 1. The molecular formula is C28H24F3N7O3. The van der Waals surface area contributed by atoms with E-state index in [0.29, 0.717) is 41.5 Å². The molecule has 2 aliphatic carbocycles. The zero-order chi connectivity index (χ0) is 28.5. The van der Waals surface area contributed by atoms with Crippen molar-refractivity contribution in [3.63, 3.8) is 0 Å². The molecule has 2 fully saturated rings. The maximum atomic E-state index is 13.3. The van der Waals surface area contributed by atoms with E-state index in [2.05, 4.69) is 19.9 Å². The van der Waals surface area contributed by atoms with Crippen LogP contribution in [0.5, 0.6) is 5.88 Å². The van der Waals surface area contributed by atoms with Crippen molar-refractivity contribution in [1.82, 2.24) is 29.5 Å². The zero-order valence-corrected chi connectivity index (χ0v) is 22.1. The lowest BCUT2D eigenvalue weighted by atomic mass is 10.1. The summed E-state index contributed by atoms with van der Waals surface area (Å²) in [5.41, 5.74) is 1.72. The Balaban J connectivity index is 1.24. The van der Waals surface area contributed by atoms with Crippen molar-refractivity contribution in [3.8, 4) is 28.7 Å². The number of benzene rings is 1. The molecule has 1 aliphatic heterocycles. The molecule has 13 heteroatoms. The lowest BCUT2D eigenvalue weighted by Crippen LogP contribution is -2.41. The molecule has 0 atom stereocenters. The monoisotopic (exact) mass is 563 g/mol. The van der Waals surface area contributed by atoms with Gasteiger partial charge in [-0.15, -0.1) is 0 Å². The number of hydrogen-bond donors (Lipinski definition) is 0. The molecule has 0 N–H and O–H groups in total. The van der Waals surface area contributed by atoms with Crippen LogP contribution in [0.3, 0.4) is 0 Å². The first kappa shape index (κ1) is 25.4. The number of rotatable bonds is 6. The number of hydrogen-bond acceptors (Lipinski definition) is 8. The third kappa shape index (κ3) is 4.35. The van der Waals surface area contributed by atoms with Crippen LogP contribution in [-0.2, 0) is 30.1 Å². The van der Waals surface area contributed by atoms with Gasteiger partial charge >= 0.3 is 12.3 Å². The molecule has 3 aliphatic rings. The summed E-state index contributed by atoms with van der Waals surface area (Å²) in [6, 6.07) is 6.84. The minimum absolute atomic E-state index is 0.130. The summed E-state index contributed by atoms with van der Waals surface area (Å²) >= 11 is 0. The predicted octanol–water partition coefficient (Wildman–Crippen LogP) is 5.38. The van der Waals surface area contributed by atoms with Gasteiger partial charge in [0.1, 0.15) is 29.1 Å². The first-order valence-corrected chi connectivity index (χ1v) is 13.1. The van der Waals surface area contributed by atoms with E-state index >= 15 is 0 Å². The van der Waals surface area contributed by atoms with Crippen LogP contribution in [0.25, 0.3) is 22.8 Å². The molecule has 1 aromatic carbocycles. The number of anilines is 1. The van der Waals surface area contributed by atoms with Gasteiger partial charge in [-0.25, -0.2) is 29.7 Å². The van der Waals surface area contributed by atoms with Gasteiger partial charge in [0, 0.05) is 30.9 Å². The van der Waals surface area contributed by atoms with Crippen LogP contribution in [-0.4, -0.2) is 42.7 Å². The summed E-state index contributed by atoms with van der Waals surface area (Å²) < 4.78 is 52.1. The Labute approximate surface area is 232 Å². The number of ether oxygens (including phenoxy) is 2. The largest absolute Gasteiger partial charge is 0.480 e. The maximum Gasteiger partial charge on any atom is 0.434 e. The Kier molecular flexibility index (Phi) is 5.57. The topological polar surface area (TPSA) is 108 Å². The average Bonchev–Trinajstić information content (AvgIpc) is 3.89. The molecule has 10 nitrogen and oxygen atoms in total. The molecule has 4 aromatic rings. The van der Waals surface area contributed by atoms with Crippen molar-refractivity contribution >= 4 is 11.9 Å². The fourth-order valence-electron chi connectivity index (χ4n) is 5.23. The quantitative estimate of drug-likeness (QED) is 0.308. The molecule has 0 radical (unpaired) electrons. The van der Waals surface area contributed by atoms with E-state index in [0.717, 1.165) is 35.9 Å². The highest BCUT2D eigenvalue weighted by molar-refractivity contribution is 5.91. The van der Waals surface area contributed by atoms with Gasteiger partial charge in [0.05, 0.1) is 24.9 Å². The smallest absolute Gasteiger partial charge is 0.434 e. The summed E-state index contributed by atoms with van der Waals surface area (Å²) in [7, 11) is 3.04. The zero-order valence-electron chi connectivity index (χ0n) is 22.1. The van der Waals surface area contributed by atoms with Crippen LogP contribution in [0.1, 0.15) is 54.1 Å². The normalized spacial score (nSPS) is 17.4. The third-order valence-electron chi connectivity index (χ3n) is 7.66. The number of carbonyl (C=O) groups is 1. The van der Waals surface area contributed by atoms with Gasteiger partial charge in [-0.3, -0.25) is 4.90 Å². The molecular weight excluding hydrogens is 539 g/mol. The summed E-state index contributed by atoms with van der Waals surface area (Å²) in [6.45, 7) is 0.130. The fraction of sp³-hybridized carbons (Fsp3) is 0.357. The van der Waals surface area contributed by atoms with Gasteiger partial charge in [0.2, 0.25) is 5.88 Å². The van der Waals surface area contributed by atoms with E-state index in [-0.39, 0.29) is 18.3 Å². The second kappa shape index (κ2) is 8.98. The van der Waals surface area contributed by atoms with Gasteiger partial charge in [-0.05, 0) is 31.2 Å². The second-order valence-electron chi connectivity index (χ2n) is 10.6. The number of imidazole rings is 1. The van der Waals surface area contributed by atoms with E-state index in [9.17, 15) is 18.0 Å². The van der Waals surface area contributed by atoms with Gasteiger partial charge in [0.15, 0.2) is 11.5 Å². The number of aromatic nitrogens is 6. The first-order chi connectivity index (χ1) is 19.7. The summed E-state index contributed by atoms with van der Waals surface area (Å²) in [5, 5.41) is 0. The number of alkyl halides is 3. The summed E-state index contributed by atoms with van der Waals surface area (Å²) in [6.07, 6.45) is 2.45. The van der Waals surface area contributed by atoms with Crippen molar-refractivity contribution in [2.75, 3.05) is 12.0 Å². The van der Waals surface area contributed by atoms with E-state index < -0.39 is 23.6 Å². The van der Waals surface area contributed by atoms with Crippen molar-refractivity contribution < 1.29 is 27.4 Å². The predicted molar refractivity (Wildman–Crippen MR) is 139 cm³/mol. The minimum Gasteiger partial charge on any atom is -0.480 e. The lowest BCUT2D eigenvalue weighted by molar-refractivity contribution is -0.140. The number of nitrogens with zero attached hydrogens (tertiary/aromatic N) is 7. The van der Waals surface area contributed by atoms with Crippen LogP contribution < -0.4 is 9.64 Å². The molecule has 210 valence electrons. The lowest BCUT2D eigenvalue weighted by Gasteiger charge is -2.33. The Hall–Kier alpha value is -4.55. The molecule has 2 saturated carbocycles. The highest BCUT2D eigenvalue weighted by Crippen LogP contribution is 2.55. The van der Waals surface area contributed by atoms with Crippen LogP contribution >= 0.6 is 0 Å². The Morgan fingerprint density at radius 1 is 1.10 bits per heavy atom. The number of aryl methyl sites for hydroxylation is 1. The molecule has 0 saturated heterocycles. The molecule has 0 bridgehead atoms. The van der Waals surface area contributed by atoms with Crippen molar-refractivity contribution in [2.24, 2.45) is 7.05 Å². The maximum absolute atomic E-state index is 13.3. The highest BCUT2D eigenvalue weighted by atomic mass is 19.4. The second-order valence-corrected chi connectivity index (χ2v) is 10.6. The van der Waals surface area contributed by atoms with E-state index in [1.807, 2.05) is 0 Å². The van der Waals surface area contributed by atoms with Gasteiger partial charge in [0.25, 0.3) is 0 Å². The molecule has 0 unspecified atom stereocenters. The van der Waals surface area contributed by atoms with Crippen LogP contribution in [0.4, 0.5) is 23.8 Å². The Bertz CT molecular complexity index is 1680. The van der Waals surface area contributed by atoms with E-state index in [4.69, 9.17) is 14.5 Å². The molecule has 41 heavy (non-hydrogen) atoms. The van der Waals surface area contributed by atoms with Gasteiger partial charge < -0.3 is 14.0 Å². The van der Waals surface area contributed by atoms with Crippen molar-refractivity contribution in [1.29, 1.82) is 0 Å². The third-order valence-corrected chi connectivity index (χ3v) is 7.66. The number of halogens is 3. The average molecular weight is 564 g/mol. The van der Waals surface area contributed by atoms with Crippen LogP contribution in [0, 0.1) is 0 Å². The van der Waals surface area contributed by atoms with Crippen molar-refractivity contribution in [2.45, 2.75) is 49.9 Å². The van der Waals surface area contributed by atoms with E-state index in [1.54, 1.807) is 30.5 Å². The van der Waals surface area contributed by atoms with E-state index in [1.165, 1.54) is 30.0 Å². The SMILES string of the molecule is COc1ncnc(C2CC2)c1-c1ncc2c(n1)N(Cc1ccc(-c3nc(C(F)(F)F)cn3C)cc1)C(=O)OC21CC1. The van der Waals surface area contributed by atoms with Gasteiger partial charge in [-0.2, -0.15) is 13.2 Å². The Morgan fingerprint density at radius 2 is 1.85 bits per heavy atom. The summed E-state index contributed by atoms with van der Waals surface area (Å²) in [5.74, 6) is 1.64. The molecule has 1 amide bonds. The first-order valence-electron chi connectivity index (χ1n) is 13.1. The van der Waals surface area contributed by atoms with Crippen LogP contribution in [0.15, 0.2) is 43.0 Å². The van der Waals surface area contributed by atoms with Crippen LogP contribution in [0.2, 0.25) is 0 Å². The highest BCUT2D eigenvalue weighted by Gasteiger charge is 2.55. The number of fused-ring (bicyclic) bond motifs is 2. The molecule has 1 spiro atoms. The number of amides is 1. The Morgan fingerprint density at radius 3 is 2.49 bits per heavy atom. The van der Waals surface area contributed by atoms with Crippen molar-refractivity contribution in [3.05, 3.63) is 65.5 Å². The minimum atomic E-state index is -4.53.